The van der Waals surface area contributed by atoms with E-state index in [2.05, 4.69) is 10.5 Å². The topological polar surface area (TPSA) is 61.9 Å². The van der Waals surface area contributed by atoms with Crippen LogP contribution < -0.4 is 5.32 Å². The highest BCUT2D eigenvalue weighted by atomic mass is 19.1. The zero-order valence-electron chi connectivity index (χ0n) is 9.90. The zero-order chi connectivity index (χ0) is 13.0. The van der Waals surface area contributed by atoms with E-state index in [1.807, 2.05) is 19.1 Å². The van der Waals surface area contributed by atoms with Gasteiger partial charge in [-0.1, -0.05) is 11.2 Å². The lowest BCUT2D eigenvalue weighted by Crippen LogP contribution is -2.12. The van der Waals surface area contributed by atoms with E-state index >= 15 is 0 Å². The van der Waals surface area contributed by atoms with Crippen LogP contribution >= 0.6 is 0 Å². The van der Waals surface area contributed by atoms with Crippen LogP contribution in [0.3, 0.4) is 0 Å². The summed E-state index contributed by atoms with van der Waals surface area (Å²) in [4.78, 5) is 0. The molecule has 5 heteroatoms. The molecule has 0 aliphatic rings. The van der Waals surface area contributed by atoms with Gasteiger partial charge >= 0.3 is 0 Å². The molecule has 18 heavy (non-hydrogen) atoms. The van der Waals surface area contributed by atoms with Gasteiger partial charge in [-0.05, 0) is 24.6 Å². The van der Waals surface area contributed by atoms with E-state index in [1.54, 1.807) is 6.07 Å². The van der Waals surface area contributed by atoms with Gasteiger partial charge in [0.25, 0.3) is 0 Å². The number of aryl methyl sites for hydroxylation is 1. The van der Waals surface area contributed by atoms with Crippen molar-refractivity contribution in [2.45, 2.75) is 20.0 Å². The Morgan fingerprint density at radius 1 is 1.39 bits per heavy atom. The Hall–Kier alpha value is -2.19. The summed E-state index contributed by atoms with van der Waals surface area (Å²) >= 11 is 0. The molecule has 2 aromatic rings. The second-order valence-corrected chi connectivity index (χ2v) is 3.96. The maximum Gasteiger partial charge on any atom is 0.150 e. The molecule has 0 unspecified atom stereocenters. The van der Waals surface area contributed by atoms with Crippen LogP contribution in [0.15, 0.2) is 28.8 Å². The molecule has 0 radical (unpaired) electrons. The Morgan fingerprint density at radius 3 is 2.89 bits per heavy atom. The molecule has 0 fully saturated rings. The number of benzene rings is 1. The summed E-state index contributed by atoms with van der Waals surface area (Å²) in [6, 6.07) is 8.14. The summed E-state index contributed by atoms with van der Waals surface area (Å²) in [6.07, 6.45) is 0. The Labute approximate surface area is 104 Å². The van der Waals surface area contributed by atoms with Crippen molar-refractivity contribution in [2.24, 2.45) is 0 Å². The molecule has 2 rings (SSSR count). The Bertz CT molecular complexity index is 586. The fourth-order valence-corrected chi connectivity index (χ4v) is 1.60. The van der Waals surface area contributed by atoms with Gasteiger partial charge in [0.15, 0.2) is 5.76 Å². The molecule has 0 saturated carbocycles. The third-order valence-corrected chi connectivity index (χ3v) is 2.46. The molecular formula is C13H12FN3O. The largest absolute Gasteiger partial charge is 0.360 e. The van der Waals surface area contributed by atoms with Crippen LogP contribution in [0.1, 0.15) is 22.6 Å². The SMILES string of the molecule is Cc1cc(CNCc2ccc(F)c(C#N)c2)on1. The Balaban J connectivity index is 1.93. The van der Waals surface area contributed by atoms with Gasteiger partial charge in [-0.25, -0.2) is 4.39 Å². The summed E-state index contributed by atoms with van der Waals surface area (Å²) in [5.41, 5.74) is 1.74. The van der Waals surface area contributed by atoms with Gasteiger partial charge in [-0.2, -0.15) is 5.26 Å². The van der Waals surface area contributed by atoms with Crippen molar-refractivity contribution in [1.29, 1.82) is 5.26 Å². The molecule has 4 nitrogen and oxygen atoms in total. The smallest absolute Gasteiger partial charge is 0.150 e. The van der Waals surface area contributed by atoms with Gasteiger partial charge in [0.1, 0.15) is 11.9 Å². The van der Waals surface area contributed by atoms with Crippen LogP contribution in [0.5, 0.6) is 0 Å². The molecule has 0 aliphatic carbocycles. The van der Waals surface area contributed by atoms with E-state index in [-0.39, 0.29) is 5.56 Å². The van der Waals surface area contributed by atoms with Gasteiger partial charge in [0, 0.05) is 12.6 Å². The monoisotopic (exact) mass is 245 g/mol. The number of hydrogen-bond acceptors (Lipinski definition) is 4. The average molecular weight is 245 g/mol. The number of rotatable bonds is 4. The molecule has 1 heterocycles. The predicted molar refractivity (Wildman–Crippen MR) is 62.9 cm³/mol. The van der Waals surface area contributed by atoms with E-state index in [9.17, 15) is 4.39 Å². The molecule has 1 aromatic heterocycles. The zero-order valence-corrected chi connectivity index (χ0v) is 9.90. The molecule has 0 spiro atoms. The third-order valence-electron chi connectivity index (χ3n) is 2.46. The minimum absolute atomic E-state index is 0.0600. The standard InChI is InChI=1S/C13H12FN3O/c1-9-4-12(18-17-9)8-16-7-10-2-3-13(14)11(5-10)6-15/h2-5,16H,7-8H2,1H3. The number of nitriles is 1. The van der Waals surface area contributed by atoms with Crippen molar-refractivity contribution < 1.29 is 8.91 Å². The molecule has 0 saturated heterocycles. The lowest BCUT2D eigenvalue weighted by Gasteiger charge is -2.03. The second kappa shape index (κ2) is 5.43. The quantitative estimate of drug-likeness (QED) is 0.897. The van der Waals surface area contributed by atoms with Gasteiger partial charge in [0.05, 0.1) is 17.8 Å². The molecule has 0 aliphatic heterocycles. The van der Waals surface area contributed by atoms with Crippen molar-refractivity contribution >= 4 is 0 Å². The maximum atomic E-state index is 13.1. The number of halogens is 1. The number of nitrogens with zero attached hydrogens (tertiary/aromatic N) is 2. The average Bonchev–Trinajstić information content (AvgIpc) is 2.77. The van der Waals surface area contributed by atoms with E-state index in [0.29, 0.717) is 13.1 Å². The van der Waals surface area contributed by atoms with Crippen molar-refractivity contribution in [1.82, 2.24) is 10.5 Å². The second-order valence-electron chi connectivity index (χ2n) is 3.96. The van der Waals surface area contributed by atoms with Crippen LogP contribution in [0, 0.1) is 24.1 Å². The van der Waals surface area contributed by atoms with Gasteiger partial charge in [0.2, 0.25) is 0 Å². The summed E-state index contributed by atoms with van der Waals surface area (Å²) in [6.45, 7) is 2.93. The highest BCUT2D eigenvalue weighted by Gasteiger charge is 2.03. The molecule has 92 valence electrons. The van der Waals surface area contributed by atoms with E-state index in [0.717, 1.165) is 17.0 Å². The molecule has 0 bridgehead atoms. The number of hydrogen-bond donors (Lipinski definition) is 1. The van der Waals surface area contributed by atoms with E-state index in [4.69, 9.17) is 9.78 Å². The first-order valence-electron chi connectivity index (χ1n) is 5.50. The minimum Gasteiger partial charge on any atom is -0.360 e. The highest BCUT2D eigenvalue weighted by molar-refractivity contribution is 5.34. The maximum absolute atomic E-state index is 13.1. The van der Waals surface area contributed by atoms with Gasteiger partial charge < -0.3 is 9.84 Å². The van der Waals surface area contributed by atoms with Crippen molar-refractivity contribution in [3.05, 3.63) is 52.7 Å². The lowest BCUT2D eigenvalue weighted by molar-refractivity contribution is 0.369. The first-order chi connectivity index (χ1) is 8.69. The van der Waals surface area contributed by atoms with Gasteiger partial charge in [-0.3, -0.25) is 0 Å². The van der Waals surface area contributed by atoms with Crippen LogP contribution in [0.25, 0.3) is 0 Å². The molecule has 1 N–H and O–H groups in total. The molecule has 1 aromatic carbocycles. The predicted octanol–water partition coefficient (Wildman–Crippen LogP) is 2.28. The van der Waals surface area contributed by atoms with Crippen molar-refractivity contribution in [2.75, 3.05) is 0 Å². The lowest BCUT2D eigenvalue weighted by atomic mass is 10.1. The Morgan fingerprint density at radius 2 is 2.22 bits per heavy atom. The van der Waals surface area contributed by atoms with Gasteiger partial charge in [-0.15, -0.1) is 0 Å². The Kier molecular flexibility index (Phi) is 3.70. The van der Waals surface area contributed by atoms with Crippen LogP contribution in [-0.2, 0) is 13.1 Å². The van der Waals surface area contributed by atoms with Crippen LogP contribution in [0.2, 0.25) is 0 Å². The summed E-state index contributed by atoms with van der Waals surface area (Å²) < 4.78 is 18.1. The summed E-state index contributed by atoms with van der Waals surface area (Å²) in [5.74, 6) is 0.252. The minimum atomic E-state index is -0.493. The fourth-order valence-electron chi connectivity index (χ4n) is 1.60. The molecule has 0 amide bonds. The van der Waals surface area contributed by atoms with E-state index in [1.165, 1.54) is 12.1 Å². The first kappa shape index (κ1) is 12.3. The molecule has 0 atom stereocenters. The molecular weight excluding hydrogens is 233 g/mol. The highest BCUT2D eigenvalue weighted by Crippen LogP contribution is 2.09. The fraction of sp³-hybridized carbons (Fsp3) is 0.231. The number of aromatic nitrogens is 1. The first-order valence-corrected chi connectivity index (χ1v) is 5.50. The summed E-state index contributed by atoms with van der Waals surface area (Å²) in [7, 11) is 0. The summed E-state index contributed by atoms with van der Waals surface area (Å²) in [5, 5.41) is 15.6. The van der Waals surface area contributed by atoms with Crippen molar-refractivity contribution in [3.63, 3.8) is 0 Å². The van der Waals surface area contributed by atoms with Crippen molar-refractivity contribution in [3.8, 4) is 6.07 Å². The van der Waals surface area contributed by atoms with E-state index < -0.39 is 5.82 Å². The van der Waals surface area contributed by atoms with Crippen LogP contribution in [0.4, 0.5) is 4.39 Å². The number of nitrogens with one attached hydrogen (secondary N) is 1. The third kappa shape index (κ3) is 2.93. The normalized spacial score (nSPS) is 10.3. The van der Waals surface area contributed by atoms with Crippen LogP contribution in [-0.4, -0.2) is 5.16 Å².